The molecule has 3 N–H and O–H groups in total. The molecule has 0 spiro atoms. The molecule has 0 aromatic heterocycles. The van der Waals surface area contributed by atoms with Gasteiger partial charge < -0.3 is 20.3 Å². The Kier molecular flexibility index (Phi) is 57.0. The van der Waals surface area contributed by atoms with Crippen LogP contribution in [-0.2, 0) is 14.3 Å². The molecule has 0 saturated carbocycles. The van der Waals surface area contributed by atoms with E-state index in [2.05, 4.69) is 43.5 Å². The van der Waals surface area contributed by atoms with Crippen LogP contribution in [0.15, 0.2) is 36.5 Å². The van der Waals surface area contributed by atoms with E-state index in [4.69, 9.17) is 4.74 Å². The molecule has 0 aliphatic carbocycles. The second-order valence-corrected chi connectivity index (χ2v) is 21.0. The molecule has 0 fully saturated rings. The molecular weight excluding hydrogens is 851 g/mol. The van der Waals surface area contributed by atoms with Gasteiger partial charge in [-0.25, -0.2) is 0 Å². The van der Waals surface area contributed by atoms with E-state index >= 15 is 0 Å². The predicted octanol–water partition coefficient (Wildman–Crippen LogP) is 19.2. The smallest absolute Gasteiger partial charge is 0.305 e. The van der Waals surface area contributed by atoms with Gasteiger partial charge in [0.15, 0.2) is 0 Å². The van der Waals surface area contributed by atoms with Gasteiger partial charge in [-0.05, 0) is 83.5 Å². The molecule has 0 rings (SSSR count). The standard InChI is InChI=1S/C63H119NO5/c1-3-5-7-9-11-13-15-17-19-20-21-22-25-28-31-35-39-43-47-51-55-61(66)60(59-65)64-62(67)56-52-48-44-40-36-32-29-26-23-24-27-30-34-38-42-46-50-54-58-69-63(68)57-53-49-45-41-37-33-18-16-14-12-10-8-6-4-2/h16,18,26,29,51,55,60-61,65-66H,3-15,17,19-25,27-28,30-50,52-54,56-59H2,1-2H3,(H,64,67)/b18-16-,29-26-,55-51+. The number of hydrogen-bond donors (Lipinski definition) is 3. The number of amides is 1. The van der Waals surface area contributed by atoms with Gasteiger partial charge in [0, 0.05) is 12.8 Å². The molecule has 0 aromatic carbocycles. The maximum Gasteiger partial charge on any atom is 0.305 e. The fraction of sp³-hybridized carbons (Fsp3) is 0.873. The van der Waals surface area contributed by atoms with Crippen LogP contribution in [0.1, 0.15) is 328 Å². The molecule has 6 heteroatoms. The highest BCUT2D eigenvalue weighted by Gasteiger charge is 2.18. The Morgan fingerprint density at radius 3 is 1.03 bits per heavy atom. The molecule has 1 amide bonds. The van der Waals surface area contributed by atoms with E-state index in [0.717, 1.165) is 64.2 Å². The third-order valence-corrected chi connectivity index (χ3v) is 14.1. The monoisotopic (exact) mass is 970 g/mol. The van der Waals surface area contributed by atoms with Gasteiger partial charge in [-0.3, -0.25) is 9.59 Å². The highest BCUT2D eigenvalue weighted by molar-refractivity contribution is 5.76. The van der Waals surface area contributed by atoms with Crippen molar-refractivity contribution in [2.24, 2.45) is 0 Å². The third kappa shape index (κ3) is 55.2. The quantitative estimate of drug-likeness (QED) is 0.0321. The van der Waals surface area contributed by atoms with Crippen LogP contribution < -0.4 is 5.32 Å². The second-order valence-electron chi connectivity index (χ2n) is 21.0. The largest absolute Gasteiger partial charge is 0.466 e. The van der Waals surface area contributed by atoms with Crippen molar-refractivity contribution in [1.82, 2.24) is 5.32 Å². The number of carbonyl (C=O) groups is 2. The van der Waals surface area contributed by atoms with Crippen molar-refractivity contribution in [3.63, 3.8) is 0 Å². The zero-order valence-corrected chi connectivity index (χ0v) is 46.3. The van der Waals surface area contributed by atoms with Gasteiger partial charge in [0.25, 0.3) is 0 Å². The summed E-state index contributed by atoms with van der Waals surface area (Å²) in [7, 11) is 0. The van der Waals surface area contributed by atoms with Gasteiger partial charge in [-0.15, -0.1) is 0 Å². The van der Waals surface area contributed by atoms with Gasteiger partial charge >= 0.3 is 5.97 Å². The van der Waals surface area contributed by atoms with Crippen molar-refractivity contribution in [3.05, 3.63) is 36.5 Å². The van der Waals surface area contributed by atoms with Gasteiger partial charge in [-0.2, -0.15) is 0 Å². The number of unbranched alkanes of at least 4 members (excludes halogenated alkanes) is 42. The van der Waals surface area contributed by atoms with Gasteiger partial charge in [0.05, 0.1) is 25.4 Å². The summed E-state index contributed by atoms with van der Waals surface area (Å²) in [6.45, 7) is 4.89. The molecule has 0 radical (unpaired) electrons. The van der Waals surface area contributed by atoms with Gasteiger partial charge in [-0.1, -0.05) is 269 Å². The number of ether oxygens (including phenoxy) is 1. The Morgan fingerprint density at radius 1 is 0.391 bits per heavy atom. The summed E-state index contributed by atoms with van der Waals surface area (Å²) in [6.07, 6.45) is 73.2. The van der Waals surface area contributed by atoms with Crippen molar-refractivity contribution in [3.8, 4) is 0 Å². The van der Waals surface area contributed by atoms with E-state index in [1.807, 2.05) is 6.08 Å². The zero-order valence-electron chi connectivity index (χ0n) is 46.3. The van der Waals surface area contributed by atoms with Crippen LogP contribution in [0.5, 0.6) is 0 Å². The Bertz CT molecular complexity index is 1120. The van der Waals surface area contributed by atoms with Crippen LogP contribution in [0.2, 0.25) is 0 Å². The Morgan fingerprint density at radius 2 is 0.681 bits per heavy atom. The Balaban J connectivity index is 3.49. The fourth-order valence-electron chi connectivity index (χ4n) is 9.39. The lowest BCUT2D eigenvalue weighted by atomic mass is 10.0. The molecule has 69 heavy (non-hydrogen) atoms. The molecule has 0 aliphatic heterocycles. The lowest BCUT2D eigenvalue weighted by Gasteiger charge is -2.20. The van der Waals surface area contributed by atoms with Crippen LogP contribution in [0, 0.1) is 0 Å². The van der Waals surface area contributed by atoms with Crippen molar-refractivity contribution in [2.45, 2.75) is 341 Å². The van der Waals surface area contributed by atoms with Gasteiger partial charge in [0.1, 0.15) is 0 Å². The summed E-state index contributed by atoms with van der Waals surface area (Å²) in [5.41, 5.74) is 0. The van der Waals surface area contributed by atoms with E-state index in [-0.39, 0.29) is 18.5 Å². The van der Waals surface area contributed by atoms with Gasteiger partial charge in [0.2, 0.25) is 5.91 Å². The Labute approximate surface area is 430 Å². The molecule has 2 unspecified atom stereocenters. The molecule has 0 heterocycles. The number of aliphatic hydroxyl groups excluding tert-OH is 2. The first-order valence-corrected chi connectivity index (χ1v) is 30.8. The lowest BCUT2D eigenvalue weighted by molar-refractivity contribution is -0.143. The maximum absolute atomic E-state index is 12.5. The number of aliphatic hydroxyl groups is 2. The minimum atomic E-state index is -0.854. The number of allylic oxidation sites excluding steroid dienone is 5. The number of hydrogen-bond acceptors (Lipinski definition) is 5. The first-order chi connectivity index (χ1) is 34.0. The summed E-state index contributed by atoms with van der Waals surface area (Å²) in [4.78, 5) is 24.5. The summed E-state index contributed by atoms with van der Waals surface area (Å²) < 4.78 is 5.47. The fourth-order valence-corrected chi connectivity index (χ4v) is 9.39. The molecule has 0 bridgehead atoms. The number of esters is 1. The van der Waals surface area contributed by atoms with Crippen LogP contribution >= 0.6 is 0 Å². The molecule has 6 nitrogen and oxygen atoms in total. The summed E-state index contributed by atoms with van der Waals surface area (Å²) in [6, 6.07) is -0.639. The molecular formula is C63H119NO5. The van der Waals surface area contributed by atoms with E-state index in [0.29, 0.717) is 19.4 Å². The van der Waals surface area contributed by atoms with Crippen molar-refractivity contribution in [1.29, 1.82) is 0 Å². The highest BCUT2D eigenvalue weighted by Crippen LogP contribution is 2.17. The molecule has 0 saturated heterocycles. The lowest BCUT2D eigenvalue weighted by Crippen LogP contribution is -2.45. The number of nitrogens with one attached hydrogen (secondary N) is 1. The van der Waals surface area contributed by atoms with E-state index in [9.17, 15) is 19.8 Å². The molecule has 0 aliphatic rings. The van der Waals surface area contributed by atoms with Crippen LogP contribution in [0.25, 0.3) is 0 Å². The van der Waals surface area contributed by atoms with E-state index in [1.54, 1.807) is 6.08 Å². The summed E-state index contributed by atoms with van der Waals surface area (Å²) in [5, 5.41) is 23.2. The molecule has 406 valence electrons. The van der Waals surface area contributed by atoms with Crippen LogP contribution in [0.4, 0.5) is 0 Å². The first kappa shape index (κ1) is 67.1. The second kappa shape index (κ2) is 58.6. The SMILES string of the molecule is CCCCCCC/C=C\CCCCCCCC(=O)OCCCCCCCCCCC/C=C\CCCCCCCC(=O)NC(CO)C(O)/C=C/CCCCCCCCCCCCCCCCCCCC. The first-order valence-electron chi connectivity index (χ1n) is 30.8. The maximum atomic E-state index is 12.5. The average molecular weight is 971 g/mol. The summed E-state index contributed by atoms with van der Waals surface area (Å²) >= 11 is 0. The third-order valence-electron chi connectivity index (χ3n) is 14.1. The van der Waals surface area contributed by atoms with Crippen LogP contribution in [0.3, 0.4) is 0 Å². The topological polar surface area (TPSA) is 95.9 Å². The molecule has 2 atom stereocenters. The Hall–Kier alpha value is -1.92. The average Bonchev–Trinajstić information content (AvgIpc) is 3.35. The predicted molar refractivity (Wildman–Crippen MR) is 301 cm³/mol. The van der Waals surface area contributed by atoms with E-state index < -0.39 is 12.1 Å². The highest BCUT2D eigenvalue weighted by atomic mass is 16.5. The van der Waals surface area contributed by atoms with E-state index in [1.165, 1.54) is 238 Å². The minimum Gasteiger partial charge on any atom is -0.466 e. The number of carbonyl (C=O) groups excluding carboxylic acids is 2. The van der Waals surface area contributed by atoms with Crippen molar-refractivity contribution in [2.75, 3.05) is 13.2 Å². The number of rotatable bonds is 57. The van der Waals surface area contributed by atoms with Crippen LogP contribution in [-0.4, -0.2) is 47.4 Å². The molecule has 0 aromatic rings. The minimum absolute atomic E-state index is 0.00630. The normalized spacial score (nSPS) is 12.8. The summed E-state index contributed by atoms with van der Waals surface area (Å²) in [5.74, 6) is -0.0867. The van der Waals surface area contributed by atoms with Crippen molar-refractivity contribution >= 4 is 11.9 Å². The van der Waals surface area contributed by atoms with Crippen molar-refractivity contribution < 1.29 is 24.5 Å². The zero-order chi connectivity index (χ0) is 50.0.